The minimum Gasteiger partial charge on any atom is -0.308 e. The predicted octanol–water partition coefficient (Wildman–Crippen LogP) is 23.1. The van der Waals surface area contributed by atoms with E-state index in [9.17, 15) is 0 Å². The lowest BCUT2D eigenvalue weighted by Gasteiger charge is -2.12. The van der Waals surface area contributed by atoms with Gasteiger partial charge in [-0.15, -0.1) is 0 Å². The fraction of sp³-hybridized carbons (Fsp3) is 0. The number of para-hydroxylation sites is 5. The van der Waals surface area contributed by atoms with E-state index in [-0.39, 0.29) is 0 Å². The second kappa shape index (κ2) is 18.3. The standard InChI is InChI=1S/C90H50N8/c1-2-20-55(21-3-1)93-76-40-36-57(45-66(76)62-41-42-91-49-80(62)93)95-78-38-33-51-17-4-6-23-58(51)83(78)70-47-69-65-44-54(35-37-77(65)97-75-32-15-10-27-63(75)85(88(69)97)89(70)95)53-19-16-22-56(43-53)94-72-29-12-8-25-60(72)67-48-82(92-50-81(67)94)98-79-39-34-52-18-5-7-24-59(52)84(79)71-46-68-61-26-9-13-30-73(61)96-74-31-14-11-28-64(74)86(87(68)96)90(71)98/h1-50H. The summed E-state index contributed by atoms with van der Waals surface area (Å²) in [5, 5.41) is 24.5. The fourth-order valence-electron chi connectivity index (χ4n) is 18.2. The Morgan fingerprint density at radius 2 is 0.684 bits per heavy atom. The Hall–Kier alpha value is -13.3. The van der Waals surface area contributed by atoms with Gasteiger partial charge in [-0.3, -0.25) is 9.55 Å². The average Bonchev–Trinajstić information content (AvgIpc) is 1.52. The van der Waals surface area contributed by atoms with Gasteiger partial charge in [0.05, 0.1) is 89.6 Å². The first-order valence-electron chi connectivity index (χ1n) is 33.7. The fourth-order valence-corrected chi connectivity index (χ4v) is 18.2. The molecule has 0 saturated carbocycles. The van der Waals surface area contributed by atoms with Crippen molar-refractivity contribution in [2.24, 2.45) is 0 Å². The van der Waals surface area contributed by atoms with Gasteiger partial charge in [-0.2, -0.15) is 0 Å². The van der Waals surface area contributed by atoms with Crippen molar-refractivity contribution in [3.8, 4) is 34.0 Å². The summed E-state index contributed by atoms with van der Waals surface area (Å²) in [6, 6.07) is 106. The highest BCUT2D eigenvalue weighted by Gasteiger charge is 2.29. The molecule has 0 aliphatic heterocycles. The molecule has 0 spiro atoms. The van der Waals surface area contributed by atoms with Crippen molar-refractivity contribution in [3.05, 3.63) is 304 Å². The SMILES string of the molecule is c1ccc(-n2c3ccc(-n4c5ccc6ccccc6c5c5cc6c7cc(-c8cccc(-n9c%10ccccc%10c%10cc(-n%11c%12ccc%13ccccc%13c%12c%12cc%13c%14ccccc%14n%14c%15ccccc%15c(c%12%11)c%13%14)ncc%109)c8)ccc7n7c8ccccc8c(c54)c67)cc3c3ccncc32)cc1. The van der Waals surface area contributed by atoms with Crippen LogP contribution in [0.1, 0.15) is 0 Å². The number of hydrogen-bond acceptors (Lipinski definition) is 2. The summed E-state index contributed by atoms with van der Waals surface area (Å²) in [6.45, 7) is 0. The monoisotopic (exact) mass is 1240 g/mol. The molecule has 0 amide bonds. The van der Waals surface area contributed by atoms with Gasteiger partial charge in [0.2, 0.25) is 0 Å². The van der Waals surface area contributed by atoms with E-state index in [4.69, 9.17) is 4.98 Å². The maximum atomic E-state index is 5.60. The molecular formula is C90H50N8. The summed E-state index contributed by atoms with van der Waals surface area (Å²) < 4.78 is 14.8. The number of rotatable bonds is 5. The first kappa shape index (κ1) is 51.2. The lowest BCUT2D eigenvalue weighted by Crippen LogP contribution is -1.99. The molecule has 0 fully saturated rings. The van der Waals surface area contributed by atoms with Crippen LogP contribution in [0.15, 0.2) is 304 Å². The number of aromatic nitrogens is 8. The minimum absolute atomic E-state index is 0.886. The summed E-state index contributed by atoms with van der Waals surface area (Å²) >= 11 is 0. The van der Waals surface area contributed by atoms with Gasteiger partial charge in [-0.05, 0) is 148 Å². The highest BCUT2D eigenvalue weighted by atomic mass is 15.1. The van der Waals surface area contributed by atoms with Crippen LogP contribution in [-0.2, 0) is 0 Å². The Morgan fingerprint density at radius 1 is 0.214 bits per heavy atom. The van der Waals surface area contributed by atoms with Crippen molar-refractivity contribution in [1.82, 2.24) is 37.0 Å². The molecule has 0 aliphatic rings. The number of pyridine rings is 2. The summed E-state index contributed by atoms with van der Waals surface area (Å²) in [6.07, 6.45) is 6.04. The smallest absolute Gasteiger partial charge is 0.138 e. The molecular weight excluding hydrogens is 1190 g/mol. The highest BCUT2D eigenvalue weighted by molar-refractivity contribution is 6.38. The lowest BCUT2D eigenvalue weighted by atomic mass is 9.98. The molecule has 450 valence electrons. The van der Waals surface area contributed by atoms with Crippen molar-refractivity contribution < 1.29 is 0 Å². The number of benzene rings is 14. The molecule has 0 bridgehead atoms. The van der Waals surface area contributed by atoms with Crippen LogP contribution in [-0.4, -0.2) is 37.0 Å². The van der Waals surface area contributed by atoms with E-state index in [1.54, 1.807) is 0 Å². The number of fused-ring (bicyclic) bond motifs is 30. The Kier molecular flexibility index (Phi) is 9.57. The first-order valence-corrected chi connectivity index (χ1v) is 33.7. The second-order valence-electron chi connectivity index (χ2n) is 26.8. The third-order valence-electron chi connectivity index (χ3n) is 22.1. The molecule has 98 heavy (non-hydrogen) atoms. The van der Waals surface area contributed by atoms with Crippen molar-refractivity contribution in [2.45, 2.75) is 0 Å². The van der Waals surface area contributed by atoms with Gasteiger partial charge in [-0.25, -0.2) is 4.98 Å². The molecule has 0 saturated heterocycles. The number of hydrogen-bond donors (Lipinski definition) is 0. The summed E-state index contributed by atoms with van der Waals surface area (Å²) in [7, 11) is 0. The van der Waals surface area contributed by atoms with Crippen LogP contribution in [0, 0.1) is 0 Å². The Bertz CT molecular complexity index is 7680. The topological polar surface area (TPSA) is 54.3 Å². The molecule has 8 nitrogen and oxygen atoms in total. The van der Waals surface area contributed by atoms with Crippen LogP contribution >= 0.6 is 0 Å². The van der Waals surface area contributed by atoms with E-state index in [0.717, 1.165) is 67.0 Å². The van der Waals surface area contributed by atoms with E-state index in [0.29, 0.717) is 0 Å². The van der Waals surface area contributed by atoms with E-state index in [1.807, 2.05) is 12.4 Å². The van der Waals surface area contributed by atoms with Crippen LogP contribution in [0.25, 0.3) is 219 Å². The van der Waals surface area contributed by atoms with Crippen molar-refractivity contribution in [3.63, 3.8) is 0 Å². The molecule has 10 aromatic heterocycles. The Morgan fingerprint density at radius 3 is 1.39 bits per heavy atom. The summed E-state index contributed by atoms with van der Waals surface area (Å²) in [5.74, 6) is 0.886. The van der Waals surface area contributed by atoms with Gasteiger partial charge in [0, 0.05) is 109 Å². The van der Waals surface area contributed by atoms with Gasteiger partial charge >= 0.3 is 0 Å². The van der Waals surface area contributed by atoms with Crippen molar-refractivity contribution in [1.29, 1.82) is 0 Å². The maximum Gasteiger partial charge on any atom is 0.138 e. The van der Waals surface area contributed by atoms with Gasteiger partial charge in [0.25, 0.3) is 0 Å². The zero-order valence-corrected chi connectivity index (χ0v) is 52.4. The predicted molar refractivity (Wildman–Crippen MR) is 409 cm³/mol. The quantitative estimate of drug-likeness (QED) is 0.172. The molecule has 10 heterocycles. The Balaban J connectivity index is 0.711. The Labute approximate surface area is 556 Å². The van der Waals surface area contributed by atoms with E-state index in [1.165, 1.54) is 152 Å². The zero-order chi connectivity index (χ0) is 63.3. The molecule has 14 aromatic carbocycles. The zero-order valence-electron chi connectivity index (χ0n) is 52.4. The molecule has 0 aliphatic carbocycles. The van der Waals surface area contributed by atoms with Gasteiger partial charge in [-0.1, -0.05) is 170 Å². The van der Waals surface area contributed by atoms with E-state index in [2.05, 4.69) is 323 Å². The summed E-state index contributed by atoms with van der Waals surface area (Å²) in [4.78, 5) is 10.2. The summed E-state index contributed by atoms with van der Waals surface area (Å²) in [5.41, 5.74) is 22.0. The minimum atomic E-state index is 0.886. The van der Waals surface area contributed by atoms with Crippen LogP contribution < -0.4 is 0 Å². The second-order valence-corrected chi connectivity index (χ2v) is 26.8. The van der Waals surface area contributed by atoms with Crippen molar-refractivity contribution >= 4 is 185 Å². The highest BCUT2D eigenvalue weighted by Crippen LogP contribution is 2.51. The normalized spacial score (nSPS) is 12.7. The van der Waals surface area contributed by atoms with Gasteiger partial charge in [0.15, 0.2) is 0 Å². The largest absolute Gasteiger partial charge is 0.308 e. The maximum absolute atomic E-state index is 5.60. The van der Waals surface area contributed by atoms with Crippen LogP contribution in [0.4, 0.5) is 0 Å². The van der Waals surface area contributed by atoms with Crippen LogP contribution in [0.3, 0.4) is 0 Å². The molecule has 8 heteroatoms. The first-order chi connectivity index (χ1) is 48.7. The number of nitrogens with zero attached hydrogens (tertiary/aromatic N) is 8. The van der Waals surface area contributed by atoms with Gasteiger partial charge < -0.3 is 22.5 Å². The molecule has 24 aromatic rings. The van der Waals surface area contributed by atoms with Crippen LogP contribution in [0.5, 0.6) is 0 Å². The van der Waals surface area contributed by atoms with Crippen molar-refractivity contribution in [2.75, 3.05) is 0 Å². The third-order valence-corrected chi connectivity index (χ3v) is 22.1. The van der Waals surface area contributed by atoms with Gasteiger partial charge in [0.1, 0.15) is 5.82 Å². The van der Waals surface area contributed by atoms with Crippen LogP contribution in [0.2, 0.25) is 0 Å². The third kappa shape index (κ3) is 6.36. The molecule has 24 rings (SSSR count). The molecule has 0 atom stereocenters. The average molecular weight is 1240 g/mol. The lowest BCUT2D eigenvalue weighted by molar-refractivity contribution is 1.08. The molecule has 0 radical (unpaired) electrons. The van der Waals surface area contributed by atoms with E-state index >= 15 is 0 Å². The molecule has 0 unspecified atom stereocenters. The molecule has 0 N–H and O–H groups in total. The van der Waals surface area contributed by atoms with E-state index < -0.39 is 0 Å².